The summed E-state index contributed by atoms with van der Waals surface area (Å²) in [7, 11) is 3.15. The van der Waals surface area contributed by atoms with Crippen molar-refractivity contribution in [3.05, 3.63) is 47.9 Å². The van der Waals surface area contributed by atoms with E-state index in [1.165, 1.54) is 6.26 Å². The molecule has 1 aromatic carbocycles. The first-order valence-corrected chi connectivity index (χ1v) is 8.69. The molecule has 1 aliphatic rings. The maximum absolute atomic E-state index is 12.4. The molecule has 3 rings (SSSR count). The molecular formula is C19H23N3O5. The van der Waals surface area contributed by atoms with Crippen molar-refractivity contribution in [1.29, 1.82) is 0 Å². The van der Waals surface area contributed by atoms with Crippen molar-refractivity contribution in [3.8, 4) is 11.5 Å². The maximum atomic E-state index is 12.4. The molecule has 1 aliphatic heterocycles. The highest BCUT2D eigenvalue weighted by Crippen LogP contribution is 2.27. The first kappa shape index (κ1) is 18.6. The second-order valence-corrected chi connectivity index (χ2v) is 6.10. The lowest BCUT2D eigenvalue weighted by molar-refractivity contribution is 0.0634. The van der Waals surface area contributed by atoms with Gasteiger partial charge in [0.2, 0.25) is 0 Å². The Morgan fingerprint density at radius 2 is 1.74 bits per heavy atom. The van der Waals surface area contributed by atoms with Gasteiger partial charge >= 0.3 is 6.03 Å². The first-order valence-electron chi connectivity index (χ1n) is 8.69. The number of carbonyl (C=O) groups excluding carboxylic acids is 2. The summed E-state index contributed by atoms with van der Waals surface area (Å²) in [4.78, 5) is 28.0. The number of rotatable bonds is 5. The number of hydrogen-bond donors (Lipinski definition) is 1. The number of furan rings is 1. The van der Waals surface area contributed by atoms with Crippen molar-refractivity contribution in [2.45, 2.75) is 6.54 Å². The number of ether oxygens (including phenoxy) is 2. The van der Waals surface area contributed by atoms with Crippen LogP contribution < -0.4 is 14.8 Å². The Balaban J connectivity index is 1.49. The fourth-order valence-electron chi connectivity index (χ4n) is 2.95. The van der Waals surface area contributed by atoms with E-state index in [2.05, 4.69) is 5.32 Å². The minimum absolute atomic E-state index is 0.148. The van der Waals surface area contributed by atoms with Crippen LogP contribution in [0.5, 0.6) is 11.5 Å². The molecule has 0 bridgehead atoms. The molecule has 144 valence electrons. The number of methoxy groups -OCH3 is 2. The standard InChI is InChI=1S/C19H23N3O5/c1-25-15-6-5-14(12-17(15)26-2)13-20-19(24)22-9-7-21(8-10-22)18(23)16-4-3-11-27-16/h3-6,11-12H,7-10,13H2,1-2H3,(H,20,24). The van der Waals surface area contributed by atoms with Gasteiger partial charge in [-0.3, -0.25) is 4.79 Å². The van der Waals surface area contributed by atoms with E-state index in [9.17, 15) is 9.59 Å². The summed E-state index contributed by atoms with van der Waals surface area (Å²) in [5.74, 6) is 1.44. The molecule has 8 nitrogen and oxygen atoms in total. The second kappa shape index (κ2) is 8.48. The summed E-state index contributed by atoms with van der Waals surface area (Å²) in [6, 6.07) is 8.69. The molecule has 0 aliphatic carbocycles. The van der Waals surface area contributed by atoms with Gasteiger partial charge in [0.25, 0.3) is 5.91 Å². The minimum Gasteiger partial charge on any atom is -0.493 e. The topological polar surface area (TPSA) is 84.3 Å². The van der Waals surface area contributed by atoms with E-state index in [4.69, 9.17) is 13.9 Å². The van der Waals surface area contributed by atoms with Crippen molar-refractivity contribution < 1.29 is 23.5 Å². The van der Waals surface area contributed by atoms with E-state index in [0.29, 0.717) is 50.0 Å². The summed E-state index contributed by atoms with van der Waals surface area (Å²) in [5.41, 5.74) is 0.910. The van der Waals surface area contributed by atoms with E-state index in [1.54, 1.807) is 42.2 Å². The normalized spacial score (nSPS) is 14.0. The number of nitrogens with zero attached hydrogens (tertiary/aromatic N) is 2. The third-order valence-electron chi connectivity index (χ3n) is 4.48. The predicted octanol–water partition coefficient (Wildman–Crippen LogP) is 1.96. The van der Waals surface area contributed by atoms with E-state index in [0.717, 1.165) is 5.56 Å². The monoisotopic (exact) mass is 373 g/mol. The smallest absolute Gasteiger partial charge is 0.317 e. The van der Waals surface area contributed by atoms with Gasteiger partial charge in [-0.25, -0.2) is 4.79 Å². The van der Waals surface area contributed by atoms with Crippen molar-refractivity contribution in [2.24, 2.45) is 0 Å². The number of urea groups is 1. The van der Waals surface area contributed by atoms with Gasteiger partial charge in [-0.05, 0) is 29.8 Å². The van der Waals surface area contributed by atoms with Gasteiger partial charge in [0.05, 0.1) is 20.5 Å². The van der Waals surface area contributed by atoms with Crippen LogP contribution in [0.2, 0.25) is 0 Å². The van der Waals surface area contributed by atoms with Gasteiger partial charge in [-0.1, -0.05) is 6.07 Å². The Morgan fingerprint density at radius 1 is 1.04 bits per heavy atom. The Hall–Kier alpha value is -3.16. The third-order valence-corrected chi connectivity index (χ3v) is 4.48. The second-order valence-electron chi connectivity index (χ2n) is 6.10. The highest BCUT2D eigenvalue weighted by atomic mass is 16.5. The van der Waals surface area contributed by atoms with Gasteiger partial charge in [0.15, 0.2) is 17.3 Å². The van der Waals surface area contributed by atoms with Crippen molar-refractivity contribution in [2.75, 3.05) is 40.4 Å². The molecule has 0 spiro atoms. The quantitative estimate of drug-likeness (QED) is 0.866. The van der Waals surface area contributed by atoms with Gasteiger partial charge < -0.3 is 29.0 Å². The van der Waals surface area contributed by atoms with E-state index < -0.39 is 0 Å². The summed E-state index contributed by atoms with van der Waals surface area (Å²) in [6.45, 7) is 2.28. The Labute approximate surface area is 157 Å². The molecule has 2 heterocycles. The van der Waals surface area contributed by atoms with Gasteiger partial charge in [-0.15, -0.1) is 0 Å². The number of amides is 3. The van der Waals surface area contributed by atoms with Crippen LogP contribution in [0, 0.1) is 0 Å². The van der Waals surface area contributed by atoms with Crippen LogP contribution in [0.1, 0.15) is 16.1 Å². The fraction of sp³-hybridized carbons (Fsp3) is 0.368. The summed E-state index contributed by atoms with van der Waals surface area (Å²) in [5, 5.41) is 2.90. The predicted molar refractivity (Wildman–Crippen MR) is 98.0 cm³/mol. The van der Waals surface area contributed by atoms with Crippen LogP contribution in [-0.4, -0.2) is 62.1 Å². The van der Waals surface area contributed by atoms with E-state index >= 15 is 0 Å². The number of hydrogen-bond acceptors (Lipinski definition) is 5. The molecule has 27 heavy (non-hydrogen) atoms. The lowest BCUT2D eigenvalue weighted by Crippen LogP contribution is -2.53. The molecule has 1 saturated heterocycles. The van der Waals surface area contributed by atoms with Crippen LogP contribution in [0.25, 0.3) is 0 Å². The highest BCUT2D eigenvalue weighted by Gasteiger charge is 2.25. The van der Waals surface area contributed by atoms with Gasteiger partial charge in [0.1, 0.15) is 0 Å². The molecule has 3 amide bonds. The van der Waals surface area contributed by atoms with E-state index in [-0.39, 0.29) is 11.9 Å². The summed E-state index contributed by atoms with van der Waals surface area (Å²) < 4.78 is 15.6. The zero-order chi connectivity index (χ0) is 19.2. The molecule has 8 heteroatoms. The maximum Gasteiger partial charge on any atom is 0.317 e. The molecule has 0 radical (unpaired) electrons. The average molecular weight is 373 g/mol. The Bertz CT molecular complexity index is 783. The fourth-order valence-corrected chi connectivity index (χ4v) is 2.95. The number of benzene rings is 1. The van der Waals surface area contributed by atoms with Crippen LogP contribution in [0.15, 0.2) is 41.0 Å². The largest absolute Gasteiger partial charge is 0.493 e. The zero-order valence-electron chi connectivity index (χ0n) is 15.4. The molecule has 1 fully saturated rings. The average Bonchev–Trinajstić information content (AvgIpc) is 3.26. The Morgan fingerprint density at radius 3 is 2.37 bits per heavy atom. The van der Waals surface area contributed by atoms with Crippen LogP contribution in [0.3, 0.4) is 0 Å². The van der Waals surface area contributed by atoms with Gasteiger partial charge in [-0.2, -0.15) is 0 Å². The summed E-state index contributed by atoms with van der Waals surface area (Å²) >= 11 is 0. The third kappa shape index (κ3) is 4.33. The molecule has 1 aromatic heterocycles. The van der Waals surface area contributed by atoms with Crippen LogP contribution in [-0.2, 0) is 6.54 Å². The molecule has 0 atom stereocenters. The lowest BCUT2D eigenvalue weighted by Gasteiger charge is -2.34. The van der Waals surface area contributed by atoms with Crippen molar-refractivity contribution in [3.63, 3.8) is 0 Å². The number of piperazine rings is 1. The van der Waals surface area contributed by atoms with Crippen molar-refractivity contribution >= 4 is 11.9 Å². The highest BCUT2D eigenvalue weighted by molar-refractivity contribution is 5.91. The van der Waals surface area contributed by atoms with Crippen LogP contribution >= 0.6 is 0 Å². The first-order chi connectivity index (χ1) is 13.1. The minimum atomic E-state index is -0.158. The number of carbonyl (C=O) groups is 2. The van der Waals surface area contributed by atoms with Crippen LogP contribution in [0.4, 0.5) is 4.79 Å². The molecule has 0 unspecified atom stereocenters. The SMILES string of the molecule is COc1ccc(CNC(=O)N2CCN(C(=O)c3ccco3)CC2)cc1OC. The Kier molecular flexibility index (Phi) is 5.85. The lowest BCUT2D eigenvalue weighted by atomic mass is 10.2. The zero-order valence-corrected chi connectivity index (χ0v) is 15.4. The van der Waals surface area contributed by atoms with Gasteiger partial charge in [0, 0.05) is 32.7 Å². The molecular weight excluding hydrogens is 350 g/mol. The number of nitrogens with one attached hydrogen (secondary N) is 1. The molecule has 2 aromatic rings. The van der Waals surface area contributed by atoms with E-state index in [1.807, 2.05) is 12.1 Å². The van der Waals surface area contributed by atoms with Crippen molar-refractivity contribution in [1.82, 2.24) is 15.1 Å². The molecule has 0 saturated carbocycles. The molecule has 1 N–H and O–H groups in total. The summed E-state index contributed by atoms with van der Waals surface area (Å²) in [6.07, 6.45) is 1.48.